The molecule has 0 radical (unpaired) electrons. The molecule has 1 fully saturated rings. The van der Waals surface area contributed by atoms with Crippen molar-refractivity contribution in [1.29, 1.82) is 0 Å². The molecule has 3 heteroatoms. The van der Waals surface area contributed by atoms with Crippen LogP contribution >= 0.6 is 0 Å². The molecule has 0 spiro atoms. The number of ether oxygens (including phenoxy) is 2. The smallest absolute Gasteiger partial charge is 0.164 e. The number of rotatable bonds is 4. The minimum Gasteiger partial charge on any atom is -0.493 e. The van der Waals surface area contributed by atoms with Crippen LogP contribution in [-0.4, -0.2) is 14.2 Å². The van der Waals surface area contributed by atoms with E-state index in [0.717, 1.165) is 30.8 Å². The molecule has 16 heavy (non-hydrogen) atoms. The van der Waals surface area contributed by atoms with Gasteiger partial charge in [0.15, 0.2) is 11.5 Å². The summed E-state index contributed by atoms with van der Waals surface area (Å²) in [5, 5.41) is 0. The predicted molar refractivity (Wildman–Crippen MR) is 64.0 cm³/mol. The lowest BCUT2D eigenvalue weighted by Crippen LogP contribution is -2.21. The van der Waals surface area contributed by atoms with Gasteiger partial charge in [-0.15, -0.1) is 0 Å². The van der Waals surface area contributed by atoms with Crippen molar-refractivity contribution in [3.63, 3.8) is 0 Å². The Morgan fingerprint density at radius 3 is 2.38 bits per heavy atom. The monoisotopic (exact) mass is 221 g/mol. The highest BCUT2D eigenvalue weighted by molar-refractivity contribution is 5.54. The van der Waals surface area contributed by atoms with Gasteiger partial charge in [-0.3, -0.25) is 0 Å². The van der Waals surface area contributed by atoms with Crippen molar-refractivity contribution >= 4 is 0 Å². The van der Waals surface area contributed by atoms with E-state index in [9.17, 15) is 0 Å². The molecular formula is C13H19NO2. The Morgan fingerprint density at radius 1 is 1.25 bits per heavy atom. The number of hydrogen-bond acceptors (Lipinski definition) is 3. The molecular weight excluding hydrogens is 202 g/mol. The summed E-state index contributed by atoms with van der Waals surface area (Å²) in [5.74, 6) is 1.62. The molecule has 2 N–H and O–H groups in total. The van der Waals surface area contributed by atoms with E-state index in [4.69, 9.17) is 15.2 Å². The van der Waals surface area contributed by atoms with Crippen LogP contribution in [-0.2, 0) is 12.0 Å². The standard InChI is InChI=1S/C13H19NO2/c1-4-9-10(13(14)7-8-13)5-6-11(15-2)12(9)16-3/h5-6H,4,7-8,14H2,1-3H3. The van der Waals surface area contributed by atoms with Crippen molar-refractivity contribution in [3.05, 3.63) is 23.3 Å². The minimum absolute atomic E-state index is 0.120. The second-order valence-electron chi connectivity index (χ2n) is 4.34. The molecule has 0 amide bonds. The molecule has 1 aliphatic rings. The largest absolute Gasteiger partial charge is 0.493 e. The molecule has 1 aliphatic carbocycles. The van der Waals surface area contributed by atoms with E-state index in [1.165, 1.54) is 11.1 Å². The lowest BCUT2D eigenvalue weighted by molar-refractivity contribution is 0.351. The van der Waals surface area contributed by atoms with Crippen LogP contribution in [0.25, 0.3) is 0 Å². The first-order chi connectivity index (χ1) is 7.66. The third-order valence-corrected chi connectivity index (χ3v) is 3.33. The molecule has 0 heterocycles. The summed E-state index contributed by atoms with van der Waals surface area (Å²) in [7, 11) is 3.34. The topological polar surface area (TPSA) is 44.5 Å². The van der Waals surface area contributed by atoms with Crippen LogP contribution in [0.3, 0.4) is 0 Å². The Kier molecular flexibility index (Phi) is 2.80. The Balaban J connectivity index is 2.55. The van der Waals surface area contributed by atoms with Gasteiger partial charge in [-0.25, -0.2) is 0 Å². The summed E-state index contributed by atoms with van der Waals surface area (Å²) in [6.45, 7) is 2.12. The van der Waals surface area contributed by atoms with Gasteiger partial charge in [0.1, 0.15) is 0 Å². The summed E-state index contributed by atoms with van der Waals surface area (Å²) < 4.78 is 10.7. The lowest BCUT2D eigenvalue weighted by Gasteiger charge is -2.19. The first-order valence-electron chi connectivity index (χ1n) is 5.69. The zero-order chi connectivity index (χ0) is 11.8. The Bertz CT molecular complexity index is 397. The zero-order valence-electron chi connectivity index (χ0n) is 10.2. The van der Waals surface area contributed by atoms with E-state index in [-0.39, 0.29) is 5.54 Å². The molecule has 1 aromatic rings. The molecule has 88 valence electrons. The first kappa shape index (κ1) is 11.3. The van der Waals surface area contributed by atoms with Crippen LogP contribution in [0.1, 0.15) is 30.9 Å². The Labute approximate surface area is 96.5 Å². The van der Waals surface area contributed by atoms with Gasteiger partial charge in [0.05, 0.1) is 14.2 Å². The summed E-state index contributed by atoms with van der Waals surface area (Å²) in [6.07, 6.45) is 3.04. The lowest BCUT2D eigenvalue weighted by atomic mass is 9.96. The normalized spacial score (nSPS) is 17.0. The molecule has 3 nitrogen and oxygen atoms in total. The molecule has 2 rings (SSSR count). The van der Waals surface area contributed by atoms with E-state index in [1.807, 2.05) is 6.07 Å². The number of methoxy groups -OCH3 is 2. The number of hydrogen-bond donors (Lipinski definition) is 1. The highest BCUT2D eigenvalue weighted by Gasteiger charge is 2.42. The molecule has 0 bridgehead atoms. The minimum atomic E-state index is -0.120. The van der Waals surface area contributed by atoms with Crippen molar-refractivity contribution in [2.45, 2.75) is 31.7 Å². The summed E-state index contributed by atoms with van der Waals surface area (Å²) in [6, 6.07) is 4.02. The maximum Gasteiger partial charge on any atom is 0.164 e. The van der Waals surface area contributed by atoms with E-state index in [2.05, 4.69) is 13.0 Å². The molecule has 0 saturated heterocycles. The van der Waals surface area contributed by atoms with Gasteiger partial charge in [-0.2, -0.15) is 0 Å². The van der Waals surface area contributed by atoms with Crippen LogP contribution in [0.2, 0.25) is 0 Å². The van der Waals surface area contributed by atoms with Gasteiger partial charge in [-0.05, 0) is 30.9 Å². The van der Waals surface area contributed by atoms with Gasteiger partial charge >= 0.3 is 0 Å². The SMILES string of the molecule is CCc1c(C2(N)CC2)ccc(OC)c1OC. The van der Waals surface area contributed by atoms with E-state index in [1.54, 1.807) is 14.2 Å². The van der Waals surface area contributed by atoms with Gasteiger partial charge in [0.25, 0.3) is 0 Å². The number of benzene rings is 1. The fourth-order valence-corrected chi connectivity index (χ4v) is 2.21. The summed E-state index contributed by atoms with van der Waals surface area (Å²) >= 11 is 0. The van der Waals surface area contributed by atoms with E-state index >= 15 is 0 Å². The Morgan fingerprint density at radius 2 is 1.94 bits per heavy atom. The molecule has 0 atom stereocenters. The van der Waals surface area contributed by atoms with Gasteiger partial charge in [0.2, 0.25) is 0 Å². The second-order valence-corrected chi connectivity index (χ2v) is 4.34. The van der Waals surface area contributed by atoms with Crippen molar-refractivity contribution in [1.82, 2.24) is 0 Å². The zero-order valence-corrected chi connectivity index (χ0v) is 10.2. The fraction of sp³-hybridized carbons (Fsp3) is 0.538. The van der Waals surface area contributed by atoms with Crippen LogP contribution in [0.4, 0.5) is 0 Å². The third kappa shape index (κ3) is 1.65. The highest BCUT2D eigenvalue weighted by Crippen LogP contribution is 2.47. The van der Waals surface area contributed by atoms with Crippen molar-refractivity contribution in [2.24, 2.45) is 5.73 Å². The summed E-state index contributed by atoms with van der Waals surface area (Å²) in [4.78, 5) is 0. The molecule has 1 saturated carbocycles. The third-order valence-electron chi connectivity index (χ3n) is 3.33. The van der Waals surface area contributed by atoms with Crippen LogP contribution in [0, 0.1) is 0 Å². The number of nitrogens with two attached hydrogens (primary N) is 1. The van der Waals surface area contributed by atoms with Crippen molar-refractivity contribution < 1.29 is 9.47 Å². The van der Waals surface area contributed by atoms with Crippen molar-refractivity contribution in [2.75, 3.05) is 14.2 Å². The van der Waals surface area contributed by atoms with Gasteiger partial charge in [-0.1, -0.05) is 13.0 Å². The van der Waals surface area contributed by atoms with Crippen molar-refractivity contribution in [3.8, 4) is 11.5 Å². The summed E-state index contributed by atoms with van der Waals surface area (Å²) in [5.41, 5.74) is 8.54. The highest BCUT2D eigenvalue weighted by atomic mass is 16.5. The maximum absolute atomic E-state index is 6.26. The molecule has 0 aliphatic heterocycles. The van der Waals surface area contributed by atoms with Crippen LogP contribution < -0.4 is 15.2 Å². The Hall–Kier alpha value is -1.22. The molecule has 0 aromatic heterocycles. The average molecular weight is 221 g/mol. The maximum atomic E-state index is 6.26. The second kappa shape index (κ2) is 3.98. The van der Waals surface area contributed by atoms with Gasteiger partial charge in [0, 0.05) is 11.1 Å². The van der Waals surface area contributed by atoms with E-state index < -0.39 is 0 Å². The van der Waals surface area contributed by atoms with E-state index in [0.29, 0.717) is 0 Å². The quantitative estimate of drug-likeness (QED) is 0.847. The molecule has 0 unspecified atom stereocenters. The molecule has 1 aromatic carbocycles. The first-order valence-corrected chi connectivity index (χ1v) is 5.69. The average Bonchev–Trinajstić information content (AvgIpc) is 3.06. The van der Waals surface area contributed by atoms with Gasteiger partial charge < -0.3 is 15.2 Å². The fourth-order valence-electron chi connectivity index (χ4n) is 2.21. The van der Waals surface area contributed by atoms with Crippen LogP contribution in [0.5, 0.6) is 11.5 Å². The van der Waals surface area contributed by atoms with Crippen LogP contribution in [0.15, 0.2) is 12.1 Å². The predicted octanol–water partition coefficient (Wildman–Crippen LogP) is 2.21.